The molecule has 0 spiro atoms. The Balaban J connectivity index is 2.60. The SMILES string of the molecule is Cc1ccc(C(O)(C(N)=O)C(F)F)cc1-c1cnc(N)cn1. The number of nitrogens with zero attached hydrogens (tertiary/aromatic N) is 2. The first-order valence-corrected chi connectivity index (χ1v) is 6.26. The molecule has 1 atom stereocenters. The number of nitrogens with two attached hydrogens (primary N) is 2. The van der Waals surface area contributed by atoms with Crippen LogP contribution in [0.25, 0.3) is 11.3 Å². The molecule has 0 aliphatic rings. The van der Waals surface area contributed by atoms with Gasteiger partial charge in [-0.1, -0.05) is 12.1 Å². The van der Waals surface area contributed by atoms with Gasteiger partial charge in [0.1, 0.15) is 5.82 Å². The molecule has 2 aromatic rings. The molecule has 5 N–H and O–H groups in total. The molecule has 2 rings (SSSR count). The van der Waals surface area contributed by atoms with Crippen LogP contribution < -0.4 is 11.5 Å². The molecule has 0 saturated heterocycles. The number of aryl methyl sites for hydroxylation is 1. The third kappa shape index (κ3) is 2.60. The number of primary amides is 1. The minimum absolute atomic E-state index is 0.207. The highest BCUT2D eigenvalue weighted by Gasteiger charge is 2.46. The van der Waals surface area contributed by atoms with Crippen molar-refractivity contribution in [1.82, 2.24) is 9.97 Å². The van der Waals surface area contributed by atoms with Gasteiger partial charge in [-0.05, 0) is 24.1 Å². The molecular weight excluding hydrogens is 294 g/mol. The quantitative estimate of drug-likeness (QED) is 0.778. The van der Waals surface area contributed by atoms with E-state index in [4.69, 9.17) is 11.5 Å². The third-order valence-corrected chi connectivity index (χ3v) is 3.32. The zero-order valence-electron chi connectivity index (χ0n) is 11.6. The summed E-state index contributed by atoms with van der Waals surface area (Å²) < 4.78 is 26.2. The first kappa shape index (κ1) is 15.8. The van der Waals surface area contributed by atoms with Crippen LogP contribution in [-0.2, 0) is 10.4 Å². The Morgan fingerprint density at radius 1 is 1.32 bits per heavy atom. The van der Waals surface area contributed by atoms with E-state index in [9.17, 15) is 18.7 Å². The molecule has 1 unspecified atom stereocenters. The fraction of sp³-hybridized carbons (Fsp3) is 0.214. The van der Waals surface area contributed by atoms with E-state index < -0.39 is 17.9 Å². The molecule has 1 aromatic heterocycles. The van der Waals surface area contributed by atoms with E-state index in [-0.39, 0.29) is 11.4 Å². The summed E-state index contributed by atoms with van der Waals surface area (Å²) in [6.07, 6.45) is -0.680. The van der Waals surface area contributed by atoms with Crippen molar-refractivity contribution in [3.8, 4) is 11.3 Å². The van der Waals surface area contributed by atoms with Crippen LogP contribution in [0.4, 0.5) is 14.6 Å². The van der Waals surface area contributed by atoms with Crippen molar-refractivity contribution < 1.29 is 18.7 Å². The molecule has 0 saturated carbocycles. The van der Waals surface area contributed by atoms with E-state index in [1.54, 1.807) is 6.92 Å². The summed E-state index contributed by atoms with van der Waals surface area (Å²) in [4.78, 5) is 19.2. The van der Waals surface area contributed by atoms with Crippen molar-refractivity contribution >= 4 is 11.7 Å². The van der Waals surface area contributed by atoms with Crippen molar-refractivity contribution in [1.29, 1.82) is 0 Å². The van der Waals surface area contributed by atoms with E-state index in [0.717, 1.165) is 0 Å². The average Bonchev–Trinajstić information content (AvgIpc) is 2.47. The van der Waals surface area contributed by atoms with Crippen molar-refractivity contribution in [2.45, 2.75) is 19.0 Å². The van der Waals surface area contributed by atoms with Gasteiger partial charge in [0, 0.05) is 5.56 Å². The molecule has 0 aliphatic heterocycles. The number of amides is 1. The van der Waals surface area contributed by atoms with Crippen LogP contribution in [-0.4, -0.2) is 27.4 Å². The van der Waals surface area contributed by atoms with Crippen LogP contribution in [0.1, 0.15) is 11.1 Å². The number of nitrogen functional groups attached to an aromatic ring is 1. The van der Waals surface area contributed by atoms with Crippen LogP contribution in [0.15, 0.2) is 30.6 Å². The van der Waals surface area contributed by atoms with E-state index >= 15 is 0 Å². The highest BCUT2D eigenvalue weighted by atomic mass is 19.3. The fourth-order valence-corrected chi connectivity index (χ4v) is 1.99. The van der Waals surface area contributed by atoms with Gasteiger partial charge in [-0.2, -0.15) is 0 Å². The van der Waals surface area contributed by atoms with Crippen molar-refractivity contribution in [3.63, 3.8) is 0 Å². The first-order chi connectivity index (χ1) is 10.3. The summed E-state index contributed by atoms with van der Waals surface area (Å²) in [6.45, 7) is 1.73. The maximum Gasteiger partial charge on any atom is 0.280 e. The minimum Gasteiger partial charge on any atom is -0.382 e. The van der Waals surface area contributed by atoms with Crippen molar-refractivity contribution in [2.24, 2.45) is 5.73 Å². The molecule has 0 bridgehead atoms. The topological polar surface area (TPSA) is 115 Å². The van der Waals surface area contributed by atoms with Crippen LogP contribution in [0.5, 0.6) is 0 Å². The summed E-state index contributed by atoms with van der Waals surface area (Å²) in [5, 5.41) is 9.96. The number of anilines is 1. The Morgan fingerprint density at radius 3 is 2.50 bits per heavy atom. The Labute approximate surface area is 124 Å². The number of halogens is 2. The lowest BCUT2D eigenvalue weighted by molar-refractivity contribution is -0.156. The van der Waals surface area contributed by atoms with Gasteiger partial charge in [0.05, 0.1) is 18.1 Å². The Bertz CT molecular complexity index is 706. The molecule has 8 heteroatoms. The molecule has 0 aliphatic carbocycles. The Morgan fingerprint density at radius 2 is 2.00 bits per heavy atom. The Hall–Kier alpha value is -2.61. The summed E-state index contributed by atoms with van der Waals surface area (Å²) in [6, 6.07) is 3.95. The van der Waals surface area contributed by atoms with E-state index in [1.165, 1.54) is 30.6 Å². The molecule has 1 amide bonds. The predicted molar refractivity (Wildman–Crippen MR) is 75.7 cm³/mol. The second-order valence-electron chi connectivity index (χ2n) is 4.79. The van der Waals surface area contributed by atoms with Gasteiger partial charge in [0.2, 0.25) is 5.60 Å². The molecule has 22 heavy (non-hydrogen) atoms. The standard InChI is InChI=1S/C14H14F2N4O2/c1-7-2-3-8(14(22,12(15)16)13(18)21)4-9(7)10-5-20-11(17)6-19-10/h2-6,12,22H,1H3,(H2,17,20)(H2,18,21). The van der Waals surface area contributed by atoms with Gasteiger partial charge >= 0.3 is 0 Å². The second-order valence-corrected chi connectivity index (χ2v) is 4.79. The molecule has 6 nitrogen and oxygen atoms in total. The molecule has 1 heterocycles. The first-order valence-electron chi connectivity index (χ1n) is 6.26. The van der Waals surface area contributed by atoms with Crippen LogP contribution in [0.3, 0.4) is 0 Å². The van der Waals surface area contributed by atoms with Crippen LogP contribution in [0.2, 0.25) is 0 Å². The van der Waals surface area contributed by atoms with Crippen molar-refractivity contribution in [3.05, 3.63) is 41.7 Å². The largest absolute Gasteiger partial charge is 0.382 e. The molecular formula is C14H14F2N4O2. The number of rotatable bonds is 4. The third-order valence-electron chi connectivity index (χ3n) is 3.32. The van der Waals surface area contributed by atoms with Crippen LogP contribution >= 0.6 is 0 Å². The normalized spacial score (nSPS) is 13.9. The summed E-state index contributed by atoms with van der Waals surface area (Å²) in [5.41, 5.74) is 8.51. The van der Waals surface area contributed by atoms with Crippen LogP contribution in [0, 0.1) is 6.92 Å². The molecule has 116 valence electrons. The zero-order valence-corrected chi connectivity index (χ0v) is 11.6. The summed E-state index contributed by atoms with van der Waals surface area (Å²) in [5.74, 6) is -1.32. The number of benzene rings is 1. The van der Waals surface area contributed by atoms with Gasteiger partial charge in [-0.3, -0.25) is 9.78 Å². The molecule has 0 radical (unpaired) electrons. The Kier molecular flexibility index (Phi) is 4.05. The predicted octanol–water partition coefficient (Wildman–Crippen LogP) is 0.972. The summed E-state index contributed by atoms with van der Waals surface area (Å²) >= 11 is 0. The fourth-order valence-electron chi connectivity index (χ4n) is 1.99. The highest BCUT2D eigenvalue weighted by Crippen LogP contribution is 2.32. The highest BCUT2D eigenvalue weighted by molar-refractivity contribution is 5.86. The number of carbonyl (C=O) groups excluding carboxylic acids is 1. The van der Waals surface area contributed by atoms with Crippen molar-refractivity contribution in [2.75, 3.05) is 5.73 Å². The minimum atomic E-state index is -3.36. The number of carbonyl (C=O) groups is 1. The summed E-state index contributed by atoms with van der Waals surface area (Å²) in [7, 11) is 0. The average molecular weight is 308 g/mol. The number of aromatic nitrogens is 2. The zero-order chi connectivity index (χ0) is 16.5. The molecule has 1 aromatic carbocycles. The smallest absolute Gasteiger partial charge is 0.280 e. The maximum atomic E-state index is 13.1. The number of hydrogen-bond donors (Lipinski definition) is 3. The van der Waals surface area contributed by atoms with Gasteiger partial charge in [0.25, 0.3) is 12.3 Å². The lowest BCUT2D eigenvalue weighted by Gasteiger charge is -2.24. The second kappa shape index (κ2) is 5.64. The van der Waals surface area contributed by atoms with E-state index in [2.05, 4.69) is 9.97 Å². The monoisotopic (exact) mass is 308 g/mol. The van der Waals surface area contributed by atoms with Gasteiger partial charge < -0.3 is 16.6 Å². The van der Waals surface area contributed by atoms with Gasteiger partial charge in [-0.15, -0.1) is 0 Å². The van der Waals surface area contributed by atoms with Gasteiger partial charge in [0.15, 0.2) is 0 Å². The van der Waals surface area contributed by atoms with Gasteiger partial charge in [-0.25, -0.2) is 13.8 Å². The van der Waals surface area contributed by atoms with E-state index in [1.807, 2.05) is 0 Å². The number of aliphatic hydroxyl groups is 1. The van der Waals surface area contributed by atoms with E-state index in [0.29, 0.717) is 16.8 Å². The lowest BCUT2D eigenvalue weighted by atomic mass is 9.90. The molecule has 0 fully saturated rings. The lowest BCUT2D eigenvalue weighted by Crippen LogP contribution is -2.47. The number of alkyl halides is 2. The number of hydrogen-bond acceptors (Lipinski definition) is 5. The maximum absolute atomic E-state index is 13.1.